The van der Waals surface area contributed by atoms with Crippen molar-refractivity contribution in [1.29, 1.82) is 5.26 Å². The van der Waals surface area contributed by atoms with Crippen molar-refractivity contribution in [3.63, 3.8) is 0 Å². The molecule has 26 heavy (non-hydrogen) atoms. The molecule has 1 heterocycles. The number of nitrogens with zero attached hydrogens (tertiary/aromatic N) is 3. The predicted molar refractivity (Wildman–Crippen MR) is 96.8 cm³/mol. The second-order valence-electron chi connectivity index (χ2n) is 5.13. The highest BCUT2D eigenvalue weighted by atomic mass is 32.2. The maximum absolute atomic E-state index is 12.0. The van der Waals surface area contributed by atoms with Crippen LogP contribution < -0.4 is 10.1 Å². The van der Waals surface area contributed by atoms with Gasteiger partial charge in [0.25, 0.3) is 5.22 Å². The highest BCUT2D eigenvalue weighted by Gasteiger charge is 2.11. The lowest BCUT2D eigenvalue weighted by atomic mass is 10.2. The van der Waals surface area contributed by atoms with Crippen LogP contribution in [0, 0.1) is 11.3 Å². The van der Waals surface area contributed by atoms with Crippen molar-refractivity contribution in [3.8, 4) is 23.3 Å². The third-order valence-electron chi connectivity index (χ3n) is 3.37. The number of methoxy groups -OCH3 is 1. The summed E-state index contributed by atoms with van der Waals surface area (Å²) in [5.41, 5.74) is 1.93. The van der Waals surface area contributed by atoms with Crippen molar-refractivity contribution in [2.75, 3.05) is 18.2 Å². The molecule has 0 saturated heterocycles. The van der Waals surface area contributed by atoms with E-state index in [9.17, 15) is 4.79 Å². The summed E-state index contributed by atoms with van der Waals surface area (Å²) in [5.74, 6) is 1.04. The quantitative estimate of drug-likeness (QED) is 0.668. The lowest BCUT2D eigenvalue weighted by Crippen LogP contribution is -2.13. The van der Waals surface area contributed by atoms with Crippen LogP contribution in [0.4, 0.5) is 5.69 Å². The molecule has 0 unspecified atom stereocenters. The van der Waals surface area contributed by atoms with Crippen LogP contribution in [0.2, 0.25) is 0 Å². The van der Waals surface area contributed by atoms with E-state index >= 15 is 0 Å². The Labute approximate surface area is 154 Å². The summed E-state index contributed by atoms with van der Waals surface area (Å²) in [5, 5.41) is 19.7. The zero-order valence-corrected chi connectivity index (χ0v) is 14.6. The minimum Gasteiger partial charge on any atom is -0.497 e. The van der Waals surface area contributed by atoms with Gasteiger partial charge in [-0.1, -0.05) is 11.8 Å². The third kappa shape index (κ3) is 4.40. The van der Waals surface area contributed by atoms with E-state index in [1.807, 2.05) is 18.2 Å². The maximum Gasteiger partial charge on any atom is 0.277 e. The Balaban J connectivity index is 1.55. The summed E-state index contributed by atoms with van der Waals surface area (Å²) in [6, 6.07) is 15.9. The molecule has 3 aromatic rings. The Morgan fingerprint density at radius 3 is 2.58 bits per heavy atom. The molecule has 1 aromatic heterocycles. The van der Waals surface area contributed by atoms with Crippen molar-refractivity contribution in [2.45, 2.75) is 5.22 Å². The van der Waals surface area contributed by atoms with Gasteiger partial charge in [0, 0.05) is 11.3 Å². The van der Waals surface area contributed by atoms with Gasteiger partial charge in [-0.05, 0) is 48.5 Å². The third-order valence-corrected chi connectivity index (χ3v) is 4.19. The molecule has 0 atom stereocenters. The van der Waals surface area contributed by atoms with Crippen LogP contribution in [0.5, 0.6) is 5.75 Å². The van der Waals surface area contributed by atoms with Crippen molar-refractivity contribution < 1.29 is 13.9 Å². The smallest absolute Gasteiger partial charge is 0.277 e. The van der Waals surface area contributed by atoms with E-state index in [4.69, 9.17) is 14.4 Å². The number of nitrogens with one attached hydrogen (secondary N) is 1. The minimum atomic E-state index is -0.205. The fourth-order valence-corrected chi connectivity index (χ4v) is 2.63. The molecule has 0 aliphatic heterocycles. The molecule has 0 aliphatic carbocycles. The van der Waals surface area contributed by atoms with Gasteiger partial charge in [0.15, 0.2) is 0 Å². The highest BCUT2D eigenvalue weighted by Crippen LogP contribution is 2.25. The molecule has 0 spiro atoms. The van der Waals surface area contributed by atoms with Gasteiger partial charge in [0.2, 0.25) is 11.8 Å². The van der Waals surface area contributed by atoms with Gasteiger partial charge in [0.05, 0.1) is 24.5 Å². The van der Waals surface area contributed by atoms with E-state index in [-0.39, 0.29) is 11.7 Å². The van der Waals surface area contributed by atoms with Crippen LogP contribution in [-0.4, -0.2) is 29.0 Å². The van der Waals surface area contributed by atoms with E-state index in [0.717, 1.165) is 23.1 Å². The molecular weight excluding hydrogens is 352 g/mol. The van der Waals surface area contributed by atoms with Gasteiger partial charge in [-0.3, -0.25) is 4.79 Å². The fourth-order valence-electron chi connectivity index (χ4n) is 2.07. The standard InChI is InChI=1S/C18H14N4O3S/c1-24-15-8-4-13(5-9-15)17-21-22-18(25-17)26-11-16(23)20-14-6-2-12(10-19)3-7-14/h2-9H,11H2,1H3,(H,20,23). The van der Waals surface area contributed by atoms with Crippen molar-refractivity contribution in [2.24, 2.45) is 0 Å². The van der Waals surface area contributed by atoms with Crippen LogP contribution >= 0.6 is 11.8 Å². The topological polar surface area (TPSA) is 101 Å². The lowest BCUT2D eigenvalue weighted by molar-refractivity contribution is -0.113. The number of rotatable bonds is 6. The SMILES string of the molecule is COc1ccc(-c2nnc(SCC(=O)Nc3ccc(C#N)cc3)o2)cc1. The molecule has 0 bridgehead atoms. The number of carbonyl (C=O) groups excluding carboxylic acids is 1. The average Bonchev–Trinajstić information content (AvgIpc) is 3.16. The molecule has 7 nitrogen and oxygen atoms in total. The summed E-state index contributed by atoms with van der Waals surface area (Å²) >= 11 is 1.15. The van der Waals surface area contributed by atoms with Crippen molar-refractivity contribution in [1.82, 2.24) is 10.2 Å². The summed E-state index contributed by atoms with van der Waals surface area (Å²) < 4.78 is 10.7. The summed E-state index contributed by atoms with van der Waals surface area (Å²) in [4.78, 5) is 12.0. The zero-order valence-electron chi connectivity index (χ0n) is 13.8. The van der Waals surface area contributed by atoms with Gasteiger partial charge < -0.3 is 14.5 Å². The Bertz CT molecular complexity index is 930. The molecule has 130 valence electrons. The van der Waals surface area contributed by atoms with E-state index in [0.29, 0.717) is 22.4 Å². The molecule has 0 aliphatic rings. The first-order valence-corrected chi connectivity index (χ1v) is 8.57. The van der Waals surface area contributed by atoms with Crippen LogP contribution in [0.1, 0.15) is 5.56 Å². The Kier molecular flexibility index (Phi) is 5.51. The second kappa shape index (κ2) is 8.18. The highest BCUT2D eigenvalue weighted by molar-refractivity contribution is 7.99. The second-order valence-corrected chi connectivity index (χ2v) is 6.05. The predicted octanol–water partition coefficient (Wildman–Crippen LogP) is 3.35. The van der Waals surface area contributed by atoms with E-state index in [1.54, 1.807) is 43.5 Å². The van der Waals surface area contributed by atoms with Crippen molar-refractivity contribution >= 4 is 23.4 Å². The van der Waals surface area contributed by atoms with Gasteiger partial charge in [-0.25, -0.2) is 0 Å². The molecule has 1 amide bonds. The molecule has 0 radical (unpaired) electrons. The Hall–Kier alpha value is -3.31. The molecule has 0 fully saturated rings. The Morgan fingerprint density at radius 1 is 1.19 bits per heavy atom. The van der Waals surface area contributed by atoms with Gasteiger partial charge in [-0.15, -0.1) is 10.2 Å². The summed E-state index contributed by atoms with van der Waals surface area (Å²) in [7, 11) is 1.60. The molecule has 2 aromatic carbocycles. The number of nitriles is 1. The van der Waals surface area contributed by atoms with Crippen LogP contribution in [0.3, 0.4) is 0 Å². The normalized spacial score (nSPS) is 10.2. The number of aromatic nitrogens is 2. The lowest BCUT2D eigenvalue weighted by Gasteiger charge is -2.03. The number of amides is 1. The molecule has 0 saturated carbocycles. The van der Waals surface area contributed by atoms with E-state index in [1.165, 1.54) is 0 Å². The Morgan fingerprint density at radius 2 is 1.92 bits per heavy atom. The average molecular weight is 366 g/mol. The number of anilines is 1. The number of ether oxygens (including phenoxy) is 1. The summed E-state index contributed by atoms with van der Waals surface area (Å²) in [6.07, 6.45) is 0. The fraction of sp³-hybridized carbons (Fsp3) is 0.111. The zero-order chi connectivity index (χ0) is 18.4. The number of hydrogen-bond acceptors (Lipinski definition) is 7. The number of benzene rings is 2. The largest absolute Gasteiger partial charge is 0.497 e. The maximum atomic E-state index is 12.0. The van der Waals surface area contributed by atoms with Gasteiger partial charge >= 0.3 is 0 Å². The van der Waals surface area contributed by atoms with Gasteiger partial charge in [0.1, 0.15) is 5.75 Å². The van der Waals surface area contributed by atoms with E-state index in [2.05, 4.69) is 15.5 Å². The van der Waals surface area contributed by atoms with Crippen LogP contribution in [-0.2, 0) is 4.79 Å². The first-order chi connectivity index (χ1) is 12.7. The van der Waals surface area contributed by atoms with Crippen molar-refractivity contribution in [3.05, 3.63) is 54.1 Å². The molecule has 1 N–H and O–H groups in total. The molecular formula is C18H14N4O3S. The number of hydrogen-bond donors (Lipinski definition) is 1. The minimum absolute atomic E-state index is 0.129. The first-order valence-electron chi connectivity index (χ1n) is 7.58. The van der Waals surface area contributed by atoms with Crippen LogP contribution in [0.15, 0.2) is 58.2 Å². The number of thioether (sulfide) groups is 1. The monoisotopic (exact) mass is 366 g/mol. The number of carbonyl (C=O) groups is 1. The summed E-state index contributed by atoms with van der Waals surface area (Å²) in [6.45, 7) is 0. The van der Waals surface area contributed by atoms with Gasteiger partial charge in [-0.2, -0.15) is 5.26 Å². The first kappa shape index (κ1) is 17.5. The van der Waals surface area contributed by atoms with Crippen LogP contribution in [0.25, 0.3) is 11.5 Å². The van der Waals surface area contributed by atoms with E-state index < -0.39 is 0 Å². The molecule has 3 rings (SSSR count). The molecule has 8 heteroatoms.